The summed E-state index contributed by atoms with van der Waals surface area (Å²) in [5, 5.41) is 15.7. The number of nitrogens with zero attached hydrogens (tertiary/aromatic N) is 11. The first-order chi connectivity index (χ1) is 41.7. The third-order valence-corrected chi connectivity index (χ3v) is 17.8. The molecule has 460 valence electrons. The van der Waals surface area contributed by atoms with E-state index in [1.54, 1.807) is 40.8 Å². The number of anilines is 2. The van der Waals surface area contributed by atoms with Crippen molar-refractivity contribution in [3.8, 4) is 22.9 Å². The first-order valence-electron chi connectivity index (χ1n) is 30.0. The van der Waals surface area contributed by atoms with Crippen LogP contribution in [0.25, 0.3) is 11.1 Å². The van der Waals surface area contributed by atoms with Crippen molar-refractivity contribution in [3.63, 3.8) is 0 Å². The standard InChI is InChI=1S/C67H82ClFN12O6/c1-11-14-16-46(12-2)66(7)67(8,47-18-21-49(68)22-19-47)81(62(73-66)52-24-20-48(65(4,5)6)40-58(52)87-13-3)64(84)78-31-29-77(30-32-78)34-36-86-38-37-85-35-26-59(82)75(9)28-33-80-57-44-76(10)63(83)51-25-23-50(69)41-53(51)55-17-15-27-79(55)56-39-45(43-72-61(56)71)60(57)54(42-70)74-80/h11-12,14,16,18-25,39-41,43,55H,1,13,15,17,26-38,44H2,2-10H3,(H2,71,72)/b16-14-,46-12+/t55-,66+,67-/m1/s1. The molecule has 0 unspecified atom stereocenters. The Labute approximate surface area is 516 Å². The van der Waals surface area contributed by atoms with E-state index in [2.05, 4.69) is 80.3 Å². The van der Waals surface area contributed by atoms with Gasteiger partial charge in [-0.3, -0.25) is 29.1 Å². The lowest BCUT2D eigenvalue weighted by molar-refractivity contribution is -0.131. The summed E-state index contributed by atoms with van der Waals surface area (Å²) in [4.78, 5) is 64.7. The molecule has 3 atom stereocenters. The number of nitrogen functional groups attached to an aromatic ring is 1. The molecule has 18 nitrogen and oxygen atoms in total. The molecule has 4 aliphatic rings. The molecule has 4 aliphatic heterocycles. The van der Waals surface area contributed by atoms with E-state index in [-0.39, 0.29) is 73.5 Å². The summed E-state index contributed by atoms with van der Waals surface area (Å²) in [7, 11) is 3.38. The fraction of sp³-hybridized carbons (Fsp3) is 0.448. The zero-order valence-corrected chi connectivity index (χ0v) is 52.5. The number of nitriles is 1. The molecule has 5 aromatic rings. The number of likely N-dealkylation sites (N-methyl/N-ethyl adjacent to an activating group) is 1. The average molecular weight is 1210 g/mol. The van der Waals surface area contributed by atoms with E-state index in [0.29, 0.717) is 122 Å². The molecule has 20 heteroatoms. The maximum atomic E-state index is 15.6. The van der Waals surface area contributed by atoms with Crippen LogP contribution < -0.4 is 15.4 Å². The predicted octanol–water partition coefficient (Wildman–Crippen LogP) is 10.6. The number of nitrogens with two attached hydrogens (primary N) is 1. The van der Waals surface area contributed by atoms with E-state index in [0.717, 1.165) is 28.7 Å². The van der Waals surface area contributed by atoms with Gasteiger partial charge in [-0.1, -0.05) is 81.5 Å². The SMILES string of the molecule is C=C/C=C\C(=C/C)[C@]1(C)N=C(c2ccc(C(C)(C)C)cc2OCC)N(C(=O)N2CCN(CCOCCOCCC(=O)N(C)CCn3nc(C#N)c4c3CN(C)C(=O)c3ccc(F)cc3[C@H]3CCCN3c3cc-4cnc3N)CC2)[C@]1(C)c1ccc(Cl)cc1. The highest BCUT2D eigenvalue weighted by Gasteiger charge is 2.60. The van der Waals surface area contributed by atoms with Gasteiger partial charge in [0.25, 0.3) is 5.91 Å². The quantitative estimate of drug-likeness (QED) is 0.0609. The van der Waals surface area contributed by atoms with Crippen LogP contribution in [0.1, 0.15) is 118 Å². The van der Waals surface area contributed by atoms with Gasteiger partial charge in [0.15, 0.2) is 5.69 Å². The zero-order valence-electron chi connectivity index (χ0n) is 51.7. The molecular weight excluding hydrogens is 1120 g/mol. The lowest BCUT2D eigenvalue weighted by Gasteiger charge is -2.47. The maximum Gasteiger partial charge on any atom is 0.326 e. The summed E-state index contributed by atoms with van der Waals surface area (Å²) in [5.41, 5.74) is 11.4. The Morgan fingerprint density at radius 1 is 0.977 bits per heavy atom. The normalized spacial score (nSPS) is 19.9. The third kappa shape index (κ3) is 13.1. The molecule has 0 saturated carbocycles. The van der Waals surface area contributed by atoms with Crippen molar-refractivity contribution in [2.45, 2.75) is 103 Å². The molecule has 2 fully saturated rings. The molecule has 87 heavy (non-hydrogen) atoms. The van der Waals surface area contributed by atoms with Crippen molar-refractivity contribution < 1.29 is 33.0 Å². The number of hydrogen-bond donors (Lipinski definition) is 1. The highest BCUT2D eigenvalue weighted by Crippen LogP contribution is 2.53. The molecule has 2 bridgehead atoms. The number of halogens is 2. The number of pyridine rings is 1. The minimum atomic E-state index is -1.03. The van der Waals surface area contributed by atoms with Crippen LogP contribution in [0, 0.1) is 17.1 Å². The van der Waals surface area contributed by atoms with Gasteiger partial charge in [-0.2, -0.15) is 10.4 Å². The number of allylic oxidation sites excluding steroid dienone is 3. The van der Waals surface area contributed by atoms with E-state index < -0.39 is 16.9 Å². The van der Waals surface area contributed by atoms with Crippen LogP contribution >= 0.6 is 11.6 Å². The van der Waals surface area contributed by atoms with E-state index in [4.69, 9.17) is 41.6 Å². The number of hydrogen-bond acceptors (Lipinski definition) is 13. The topological polar surface area (TPSA) is 191 Å². The van der Waals surface area contributed by atoms with Gasteiger partial charge in [-0.05, 0) is 117 Å². The van der Waals surface area contributed by atoms with Crippen molar-refractivity contribution >= 4 is 46.8 Å². The molecule has 0 aliphatic carbocycles. The fourth-order valence-corrected chi connectivity index (χ4v) is 12.6. The van der Waals surface area contributed by atoms with E-state index in [9.17, 15) is 19.2 Å². The van der Waals surface area contributed by atoms with Gasteiger partial charge < -0.3 is 39.5 Å². The number of fused-ring (bicyclic) bond motifs is 8. The van der Waals surface area contributed by atoms with Crippen LogP contribution in [-0.4, -0.2) is 161 Å². The number of urea groups is 1. The highest BCUT2D eigenvalue weighted by atomic mass is 35.5. The Balaban J connectivity index is 0.791. The van der Waals surface area contributed by atoms with Crippen molar-refractivity contribution in [2.75, 3.05) is 104 Å². The number of rotatable bonds is 19. The lowest BCUT2D eigenvalue weighted by atomic mass is 9.70. The van der Waals surface area contributed by atoms with Crippen molar-refractivity contribution in [3.05, 3.63) is 159 Å². The van der Waals surface area contributed by atoms with Crippen molar-refractivity contribution in [2.24, 2.45) is 4.99 Å². The molecule has 0 spiro atoms. The fourth-order valence-electron chi connectivity index (χ4n) is 12.4. The second kappa shape index (κ2) is 27.0. The number of amidine groups is 1. The summed E-state index contributed by atoms with van der Waals surface area (Å²) in [6.45, 7) is 24.4. The molecule has 2 aromatic heterocycles. The van der Waals surface area contributed by atoms with E-state index in [1.165, 1.54) is 18.2 Å². The minimum Gasteiger partial charge on any atom is -0.493 e. The molecule has 2 saturated heterocycles. The molecule has 2 N–H and O–H groups in total. The molecular formula is C67H82ClFN12O6. The number of aliphatic imine (C=N–C) groups is 1. The van der Waals surface area contributed by atoms with E-state index in [1.807, 2.05) is 72.2 Å². The second-order valence-corrected chi connectivity index (χ2v) is 24.4. The summed E-state index contributed by atoms with van der Waals surface area (Å²) in [6, 6.07) is 21.9. The summed E-state index contributed by atoms with van der Waals surface area (Å²) >= 11 is 6.52. The van der Waals surface area contributed by atoms with Gasteiger partial charge in [0, 0.05) is 87.8 Å². The van der Waals surface area contributed by atoms with Crippen LogP contribution in [0.15, 0.2) is 114 Å². The van der Waals surface area contributed by atoms with Crippen LogP contribution in [-0.2, 0) is 38.3 Å². The monoisotopic (exact) mass is 1200 g/mol. The number of carbonyl (C=O) groups is 3. The van der Waals surface area contributed by atoms with Crippen LogP contribution in [0.4, 0.5) is 20.7 Å². The van der Waals surface area contributed by atoms with Gasteiger partial charge in [0.1, 0.15) is 40.4 Å². The molecule has 9 rings (SSSR count). The van der Waals surface area contributed by atoms with E-state index >= 15 is 4.79 Å². The first-order valence-corrected chi connectivity index (χ1v) is 30.4. The van der Waals surface area contributed by atoms with Crippen molar-refractivity contribution in [1.82, 2.24) is 39.3 Å². The highest BCUT2D eigenvalue weighted by molar-refractivity contribution is 6.30. The number of piperazine rings is 1. The van der Waals surface area contributed by atoms with Gasteiger partial charge in [0.2, 0.25) is 5.91 Å². The van der Waals surface area contributed by atoms with Crippen LogP contribution in [0.5, 0.6) is 5.75 Å². The smallest absolute Gasteiger partial charge is 0.326 e. The molecule has 4 amide bonds. The number of benzene rings is 3. The summed E-state index contributed by atoms with van der Waals surface area (Å²) < 4.78 is 34.8. The van der Waals surface area contributed by atoms with Gasteiger partial charge in [0.05, 0.1) is 75.5 Å². The Kier molecular flexibility index (Phi) is 19.8. The Bertz CT molecular complexity index is 3510. The van der Waals surface area contributed by atoms with Gasteiger partial charge in [-0.15, -0.1) is 0 Å². The largest absolute Gasteiger partial charge is 0.493 e. The number of aromatic nitrogens is 3. The summed E-state index contributed by atoms with van der Waals surface area (Å²) in [5.74, 6) is 0.590. The second-order valence-electron chi connectivity index (χ2n) is 23.9. The predicted molar refractivity (Wildman–Crippen MR) is 338 cm³/mol. The van der Waals surface area contributed by atoms with Crippen molar-refractivity contribution in [1.29, 1.82) is 5.26 Å². The average Bonchev–Trinajstić information content (AvgIpc) is 1.56. The van der Waals surface area contributed by atoms with Crippen LogP contribution in [0.3, 0.4) is 0 Å². The number of carbonyl (C=O) groups excluding carboxylic acids is 3. The first kappa shape index (κ1) is 63.6. The third-order valence-electron chi connectivity index (χ3n) is 17.6. The minimum absolute atomic E-state index is 0.0688. The number of ether oxygens (including phenoxy) is 3. The van der Waals surface area contributed by atoms with Gasteiger partial charge in [-0.25, -0.2) is 14.2 Å². The molecule has 6 heterocycles. The number of amides is 4. The maximum absolute atomic E-state index is 15.6. The molecule has 0 radical (unpaired) electrons. The Morgan fingerprint density at radius 3 is 2.39 bits per heavy atom. The Hall–Kier alpha value is -7.89. The molecule has 3 aromatic carbocycles. The summed E-state index contributed by atoms with van der Waals surface area (Å²) in [6.07, 6.45) is 10.9. The zero-order chi connectivity index (χ0) is 62.4. The van der Waals surface area contributed by atoms with Crippen LogP contribution in [0.2, 0.25) is 5.02 Å². The lowest BCUT2D eigenvalue weighted by Crippen LogP contribution is -2.61. The Morgan fingerprint density at radius 2 is 1.70 bits per heavy atom. The van der Waals surface area contributed by atoms with Gasteiger partial charge >= 0.3 is 6.03 Å².